The summed E-state index contributed by atoms with van der Waals surface area (Å²) in [6, 6.07) is 5.53. The van der Waals surface area contributed by atoms with Crippen molar-refractivity contribution in [3.05, 3.63) is 33.8 Å². The molecule has 1 atom stereocenters. The van der Waals surface area contributed by atoms with Crippen molar-refractivity contribution in [2.75, 3.05) is 12.0 Å². The van der Waals surface area contributed by atoms with Crippen LogP contribution in [0.4, 0.5) is 0 Å². The summed E-state index contributed by atoms with van der Waals surface area (Å²) in [7, 11) is -3.02. The third-order valence-corrected chi connectivity index (χ3v) is 4.27. The molecule has 0 aliphatic carbocycles. The van der Waals surface area contributed by atoms with E-state index in [-0.39, 0.29) is 12.2 Å². The summed E-state index contributed by atoms with van der Waals surface area (Å²) < 4.78 is 22.9. The first-order valence-corrected chi connectivity index (χ1v) is 7.77. The Morgan fingerprint density at radius 1 is 1.44 bits per heavy atom. The molecule has 0 fully saturated rings. The summed E-state index contributed by atoms with van der Waals surface area (Å²) in [5, 5.41) is 9.90. The highest BCUT2D eigenvalue weighted by Gasteiger charge is 2.14. The van der Waals surface area contributed by atoms with E-state index in [2.05, 4.69) is 15.9 Å². The van der Waals surface area contributed by atoms with Gasteiger partial charge in [-0.3, -0.25) is 0 Å². The lowest BCUT2D eigenvalue weighted by atomic mass is 10.0. The van der Waals surface area contributed by atoms with E-state index in [0.29, 0.717) is 0 Å². The van der Waals surface area contributed by atoms with Gasteiger partial charge in [0.1, 0.15) is 9.84 Å². The van der Waals surface area contributed by atoms with Crippen LogP contribution in [-0.2, 0) is 9.84 Å². The van der Waals surface area contributed by atoms with Crippen LogP contribution in [0.15, 0.2) is 22.7 Å². The lowest BCUT2D eigenvalue weighted by molar-refractivity contribution is 0.173. The maximum atomic E-state index is 11.0. The van der Waals surface area contributed by atoms with E-state index in [1.807, 2.05) is 25.1 Å². The first kappa shape index (κ1) is 13.7. The third kappa shape index (κ3) is 3.88. The highest BCUT2D eigenvalue weighted by Crippen LogP contribution is 2.26. The smallest absolute Gasteiger partial charge is 0.147 e. The van der Waals surface area contributed by atoms with Crippen LogP contribution in [0.3, 0.4) is 0 Å². The summed E-state index contributed by atoms with van der Waals surface area (Å²) in [5.74, 6) is 0.000119. The first-order valence-electron chi connectivity index (χ1n) is 4.92. The molecule has 3 nitrogen and oxygen atoms in total. The Bertz CT molecular complexity index is 468. The minimum atomic E-state index is -3.02. The van der Waals surface area contributed by atoms with E-state index in [1.165, 1.54) is 6.26 Å². The summed E-state index contributed by atoms with van der Waals surface area (Å²) in [5.41, 5.74) is 1.72. The summed E-state index contributed by atoms with van der Waals surface area (Å²) in [6.45, 7) is 1.89. The molecular formula is C11H15BrO3S. The van der Waals surface area contributed by atoms with E-state index in [0.717, 1.165) is 15.6 Å². The fourth-order valence-electron chi connectivity index (χ4n) is 1.47. The zero-order valence-electron chi connectivity index (χ0n) is 9.27. The van der Waals surface area contributed by atoms with Gasteiger partial charge in [0.2, 0.25) is 0 Å². The fraction of sp³-hybridized carbons (Fsp3) is 0.455. The molecule has 1 rings (SSSR count). The Balaban J connectivity index is 2.81. The maximum Gasteiger partial charge on any atom is 0.147 e. The van der Waals surface area contributed by atoms with Gasteiger partial charge in [-0.05, 0) is 30.5 Å². The molecular weight excluding hydrogens is 292 g/mol. The van der Waals surface area contributed by atoms with Crippen molar-refractivity contribution in [2.45, 2.75) is 19.4 Å². The molecule has 1 unspecified atom stereocenters. The highest BCUT2D eigenvalue weighted by molar-refractivity contribution is 9.10. The number of aliphatic hydroxyl groups excluding tert-OH is 1. The molecule has 0 saturated carbocycles. The van der Waals surface area contributed by atoms with Gasteiger partial charge in [-0.1, -0.05) is 28.1 Å². The quantitative estimate of drug-likeness (QED) is 0.928. The zero-order valence-corrected chi connectivity index (χ0v) is 11.7. The molecule has 5 heteroatoms. The number of hydrogen-bond acceptors (Lipinski definition) is 3. The van der Waals surface area contributed by atoms with Crippen molar-refractivity contribution in [1.29, 1.82) is 0 Å². The van der Waals surface area contributed by atoms with E-state index in [9.17, 15) is 13.5 Å². The number of halogens is 1. The molecule has 0 radical (unpaired) electrons. The van der Waals surface area contributed by atoms with Gasteiger partial charge in [-0.15, -0.1) is 0 Å². The maximum absolute atomic E-state index is 11.0. The minimum Gasteiger partial charge on any atom is -0.388 e. The van der Waals surface area contributed by atoms with E-state index < -0.39 is 15.9 Å². The summed E-state index contributed by atoms with van der Waals surface area (Å²) in [6.07, 6.45) is 0.677. The van der Waals surface area contributed by atoms with Gasteiger partial charge in [0, 0.05) is 10.7 Å². The van der Waals surface area contributed by atoms with Gasteiger partial charge in [0.25, 0.3) is 0 Å². The molecule has 0 spiro atoms. The normalized spacial score (nSPS) is 13.8. The Labute approximate surface area is 105 Å². The van der Waals surface area contributed by atoms with Gasteiger partial charge >= 0.3 is 0 Å². The molecule has 0 saturated heterocycles. The van der Waals surface area contributed by atoms with Crippen molar-refractivity contribution < 1.29 is 13.5 Å². The second-order valence-electron chi connectivity index (χ2n) is 3.89. The first-order chi connectivity index (χ1) is 7.31. The molecule has 0 heterocycles. The van der Waals surface area contributed by atoms with E-state index in [1.54, 1.807) is 0 Å². The number of benzene rings is 1. The molecule has 1 aromatic carbocycles. The largest absolute Gasteiger partial charge is 0.388 e. The molecule has 90 valence electrons. The van der Waals surface area contributed by atoms with E-state index in [4.69, 9.17) is 0 Å². The monoisotopic (exact) mass is 306 g/mol. The van der Waals surface area contributed by atoms with Crippen LogP contribution in [0.25, 0.3) is 0 Å². The predicted octanol–water partition coefficient (Wildman–Crippen LogP) is 2.23. The number of aliphatic hydroxyl groups is 1. The Hall–Kier alpha value is -0.390. The Morgan fingerprint density at radius 2 is 2.06 bits per heavy atom. The van der Waals surface area contributed by atoms with Crippen LogP contribution >= 0.6 is 15.9 Å². The van der Waals surface area contributed by atoms with Crippen molar-refractivity contribution in [3.63, 3.8) is 0 Å². The molecule has 0 aromatic heterocycles. The van der Waals surface area contributed by atoms with Crippen LogP contribution in [-0.4, -0.2) is 25.5 Å². The SMILES string of the molecule is Cc1c(Br)cccc1C(O)CCS(C)(=O)=O. The number of hydrogen-bond donors (Lipinski definition) is 1. The second-order valence-corrected chi connectivity index (χ2v) is 7.00. The Morgan fingerprint density at radius 3 is 2.62 bits per heavy atom. The number of sulfone groups is 1. The third-order valence-electron chi connectivity index (χ3n) is 2.43. The molecule has 1 N–H and O–H groups in total. The van der Waals surface area contributed by atoms with Crippen LogP contribution < -0.4 is 0 Å². The zero-order chi connectivity index (χ0) is 12.3. The predicted molar refractivity (Wildman–Crippen MR) is 68.2 cm³/mol. The van der Waals surface area contributed by atoms with Crippen molar-refractivity contribution in [3.8, 4) is 0 Å². The standard InChI is InChI=1S/C11H15BrO3S/c1-8-9(4-3-5-10(8)12)11(13)6-7-16(2,14)15/h3-5,11,13H,6-7H2,1-2H3. The lowest BCUT2D eigenvalue weighted by Crippen LogP contribution is -2.09. The second kappa shape index (κ2) is 5.29. The van der Waals surface area contributed by atoms with Gasteiger partial charge in [0.05, 0.1) is 11.9 Å². The van der Waals surface area contributed by atoms with Crippen LogP contribution in [0.1, 0.15) is 23.7 Å². The molecule has 1 aromatic rings. The summed E-state index contributed by atoms with van der Waals surface area (Å²) >= 11 is 3.38. The van der Waals surface area contributed by atoms with E-state index >= 15 is 0 Å². The van der Waals surface area contributed by atoms with Crippen molar-refractivity contribution in [2.24, 2.45) is 0 Å². The molecule has 16 heavy (non-hydrogen) atoms. The minimum absolute atomic E-state index is 0.000119. The van der Waals surface area contributed by atoms with Crippen LogP contribution in [0.5, 0.6) is 0 Å². The van der Waals surface area contributed by atoms with Crippen molar-refractivity contribution >= 4 is 25.8 Å². The van der Waals surface area contributed by atoms with Gasteiger partial charge in [-0.2, -0.15) is 0 Å². The van der Waals surface area contributed by atoms with Crippen LogP contribution in [0, 0.1) is 6.92 Å². The average molecular weight is 307 g/mol. The van der Waals surface area contributed by atoms with Gasteiger partial charge in [-0.25, -0.2) is 8.42 Å². The van der Waals surface area contributed by atoms with Gasteiger partial charge in [0.15, 0.2) is 0 Å². The molecule has 0 aliphatic rings. The molecule has 0 aliphatic heterocycles. The number of rotatable bonds is 4. The van der Waals surface area contributed by atoms with Crippen LogP contribution in [0.2, 0.25) is 0 Å². The Kier molecular flexibility index (Phi) is 4.52. The highest BCUT2D eigenvalue weighted by atomic mass is 79.9. The van der Waals surface area contributed by atoms with Gasteiger partial charge < -0.3 is 5.11 Å². The lowest BCUT2D eigenvalue weighted by Gasteiger charge is -2.14. The van der Waals surface area contributed by atoms with Crippen molar-refractivity contribution in [1.82, 2.24) is 0 Å². The topological polar surface area (TPSA) is 54.4 Å². The summed E-state index contributed by atoms with van der Waals surface area (Å²) in [4.78, 5) is 0. The fourth-order valence-corrected chi connectivity index (χ4v) is 2.50. The molecule has 0 amide bonds. The average Bonchev–Trinajstić information content (AvgIpc) is 2.17. The molecule has 0 bridgehead atoms.